The van der Waals surface area contributed by atoms with Gasteiger partial charge < -0.3 is 14.6 Å². The number of rotatable bonds is 5. The third-order valence-electron chi connectivity index (χ3n) is 3.78. The molecule has 2 heterocycles. The number of halogens is 2. The molecule has 0 unspecified atom stereocenters. The normalized spacial score (nSPS) is 10.9. The van der Waals surface area contributed by atoms with Crippen molar-refractivity contribution in [3.8, 4) is 11.5 Å². The van der Waals surface area contributed by atoms with Crippen LogP contribution in [0.2, 0.25) is 0 Å². The predicted octanol–water partition coefficient (Wildman–Crippen LogP) is 4.04. The Balaban J connectivity index is 2.06. The standard InChI is InChI=1S/C18H16F2N2O3/c1-10-17(11(2)23)22-8-12(24-3)7-16(18(22)21-10)25-9-13-14(19)5-4-6-15(13)20/h4-8,23H,2,9H2,1,3H3. The second-order valence-corrected chi connectivity index (χ2v) is 5.42. The lowest BCUT2D eigenvalue weighted by molar-refractivity contribution is 0.292. The van der Waals surface area contributed by atoms with Gasteiger partial charge in [-0.15, -0.1) is 0 Å². The van der Waals surface area contributed by atoms with Crippen molar-refractivity contribution in [1.29, 1.82) is 0 Å². The summed E-state index contributed by atoms with van der Waals surface area (Å²) in [6.45, 7) is 4.91. The minimum atomic E-state index is -0.692. The van der Waals surface area contributed by atoms with Gasteiger partial charge in [0.2, 0.25) is 0 Å². The molecule has 7 heteroatoms. The lowest BCUT2D eigenvalue weighted by Crippen LogP contribution is -2.04. The molecule has 130 valence electrons. The molecule has 0 saturated carbocycles. The molecule has 0 aliphatic heterocycles. The molecular weight excluding hydrogens is 330 g/mol. The highest BCUT2D eigenvalue weighted by Crippen LogP contribution is 2.30. The summed E-state index contributed by atoms with van der Waals surface area (Å²) in [5, 5.41) is 9.79. The number of aliphatic hydroxyl groups is 1. The Kier molecular flexibility index (Phi) is 4.31. The van der Waals surface area contributed by atoms with Gasteiger partial charge in [-0.1, -0.05) is 12.6 Å². The first kappa shape index (κ1) is 16.8. The van der Waals surface area contributed by atoms with Crippen molar-refractivity contribution in [1.82, 2.24) is 9.38 Å². The van der Waals surface area contributed by atoms with Crippen LogP contribution in [0.15, 0.2) is 37.0 Å². The molecule has 25 heavy (non-hydrogen) atoms. The molecule has 0 saturated heterocycles. The number of aliphatic hydroxyl groups excluding tert-OH is 1. The molecule has 0 bridgehead atoms. The molecule has 2 aromatic heterocycles. The molecule has 1 aromatic carbocycles. The minimum absolute atomic E-state index is 0.163. The summed E-state index contributed by atoms with van der Waals surface area (Å²) in [7, 11) is 1.47. The van der Waals surface area contributed by atoms with Crippen LogP contribution in [0.25, 0.3) is 11.4 Å². The number of pyridine rings is 1. The number of imidazole rings is 1. The SMILES string of the molecule is C=C(O)c1c(C)nc2c(OCc3c(F)cccc3F)cc(OC)cn12. The van der Waals surface area contributed by atoms with E-state index in [0.717, 1.165) is 12.1 Å². The summed E-state index contributed by atoms with van der Waals surface area (Å²) >= 11 is 0. The number of methoxy groups -OCH3 is 1. The molecule has 3 rings (SSSR count). The predicted molar refractivity (Wildman–Crippen MR) is 88.8 cm³/mol. The fourth-order valence-corrected chi connectivity index (χ4v) is 2.59. The van der Waals surface area contributed by atoms with Gasteiger partial charge in [-0.2, -0.15) is 0 Å². The van der Waals surface area contributed by atoms with E-state index < -0.39 is 11.6 Å². The van der Waals surface area contributed by atoms with Crippen molar-refractivity contribution in [3.63, 3.8) is 0 Å². The first-order valence-corrected chi connectivity index (χ1v) is 7.43. The second kappa shape index (κ2) is 6.43. The maximum atomic E-state index is 13.8. The Morgan fingerprint density at radius 3 is 2.60 bits per heavy atom. The Bertz CT molecular complexity index is 946. The van der Waals surface area contributed by atoms with Gasteiger partial charge in [0.15, 0.2) is 11.4 Å². The van der Waals surface area contributed by atoms with Crippen molar-refractivity contribution < 1.29 is 23.4 Å². The molecule has 0 radical (unpaired) electrons. The quantitative estimate of drug-likeness (QED) is 0.709. The molecule has 0 atom stereocenters. The van der Waals surface area contributed by atoms with Crippen LogP contribution < -0.4 is 9.47 Å². The van der Waals surface area contributed by atoms with Gasteiger partial charge in [-0.25, -0.2) is 13.8 Å². The molecule has 0 aliphatic carbocycles. The highest BCUT2D eigenvalue weighted by Gasteiger charge is 2.18. The minimum Gasteiger partial charge on any atom is -0.506 e. The molecule has 3 aromatic rings. The number of hydrogen-bond acceptors (Lipinski definition) is 4. The summed E-state index contributed by atoms with van der Waals surface area (Å²) in [5.41, 5.74) is 1.12. The highest BCUT2D eigenvalue weighted by molar-refractivity contribution is 5.66. The largest absolute Gasteiger partial charge is 0.506 e. The van der Waals surface area contributed by atoms with Gasteiger partial charge in [0.05, 0.1) is 24.6 Å². The Labute approximate surface area is 142 Å². The zero-order valence-electron chi connectivity index (χ0n) is 13.7. The van der Waals surface area contributed by atoms with Crippen molar-refractivity contribution in [3.05, 3.63) is 65.6 Å². The Hall–Kier alpha value is -3.09. The third kappa shape index (κ3) is 3.00. The Morgan fingerprint density at radius 2 is 2.00 bits per heavy atom. The fourth-order valence-electron chi connectivity index (χ4n) is 2.59. The number of benzene rings is 1. The van der Waals surface area contributed by atoms with Gasteiger partial charge in [0.1, 0.15) is 35.4 Å². The molecule has 5 nitrogen and oxygen atoms in total. The van der Waals surface area contributed by atoms with E-state index in [0.29, 0.717) is 22.8 Å². The number of aryl methyl sites for hydroxylation is 1. The molecule has 0 spiro atoms. The van der Waals surface area contributed by atoms with Gasteiger partial charge in [-0.05, 0) is 19.1 Å². The Morgan fingerprint density at radius 1 is 1.32 bits per heavy atom. The lowest BCUT2D eigenvalue weighted by atomic mass is 10.2. The van der Waals surface area contributed by atoms with Crippen molar-refractivity contribution in [2.75, 3.05) is 7.11 Å². The zero-order valence-corrected chi connectivity index (χ0v) is 13.7. The topological polar surface area (TPSA) is 56.0 Å². The lowest BCUT2D eigenvalue weighted by Gasteiger charge is -2.11. The van der Waals surface area contributed by atoms with Crippen LogP contribution in [-0.2, 0) is 6.61 Å². The molecule has 0 aliphatic rings. The second-order valence-electron chi connectivity index (χ2n) is 5.42. The smallest absolute Gasteiger partial charge is 0.180 e. The fraction of sp³-hybridized carbons (Fsp3) is 0.167. The first-order valence-electron chi connectivity index (χ1n) is 7.43. The molecular formula is C18H16F2N2O3. The van der Waals surface area contributed by atoms with Gasteiger partial charge in [-0.3, -0.25) is 4.40 Å². The average molecular weight is 346 g/mol. The number of aromatic nitrogens is 2. The summed E-state index contributed by atoms with van der Waals surface area (Å²) in [5.74, 6) is -0.857. The first-order chi connectivity index (χ1) is 11.9. The van der Waals surface area contributed by atoms with E-state index in [2.05, 4.69) is 11.6 Å². The van der Waals surface area contributed by atoms with E-state index in [9.17, 15) is 13.9 Å². The molecule has 1 N–H and O–H groups in total. The number of nitrogens with zero attached hydrogens (tertiary/aromatic N) is 2. The van der Waals surface area contributed by atoms with Crippen LogP contribution in [0.4, 0.5) is 8.78 Å². The van der Waals surface area contributed by atoms with E-state index in [1.54, 1.807) is 23.6 Å². The van der Waals surface area contributed by atoms with Crippen LogP contribution in [0.3, 0.4) is 0 Å². The van der Waals surface area contributed by atoms with Gasteiger partial charge >= 0.3 is 0 Å². The molecule has 0 fully saturated rings. The van der Waals surface area contributed by atoms with E-state index in [4.69, 9.17) is 9.47 Å². The van der Waals surface area contributed by atoms with Crippen molar-refractivity contribution in [2.24, 2.45) is 0 Å². The average Bonchev–Trinajstić information content (AvgIpc) is 2.90. The highest BCUT2D eigenvalue weighted by atomic mass is 19.1. The van der Waals surface area contributed by atoms with Crippen LogP contribution in [-0.4, -0.2) is 21.6 Å². The van der Waals surface area contributed by atoms with Crippen LogP contribution in [0.1, 0.15) is 17.0 Å². The molecule has 0 amide bonds. The maximum Gasteiger partial charge on any atom is 0.180 e. The van der Waals surface area contributed by atoms with E-state index in [1.807, 2.05) is 0 Å². The number of fused-ring (bicyclic) bond motifs is 1. The van der Waals surface area contributed by atoms with Crippen LogP contribution >= 0.6 is 0 Å². The van der Waals surface area contributed by atoms with E-state index in [-0.39, 0.29) is 23.7 Å². The van der Waals surface area contributed by atoms with Crippen molar-refractivity contribution >= 4 is 11.4 Å². The third-order valence-corrected chi connectivity index (χ3v) is 3.78. The van der Waals surface area contributed by atoms with E-state index >= 15 is 0 Å². The van der Waals surface area contributed by atoms with Crippen LogP contribution in [0.5, 0.6) is 11.5 Å². The maximum absolute atomic E-state index is 13.8. The van der Waals surface area contributed by atoms with Gasteiger partial charge in [0, 0.05) is 6.07 Å². The number of ether oxygens (including phenoxy) is 2. The van der Waals surface area contributed by atoms with E-state index in [1.165, 1.54) is 13.2 Å². The summed E-state index contributed by atoms with van der Waals surface area (Å²) in [6, 6.07) is 5.17. The van der Waals surface area contributed by atoms with Gasteiger partial charge in [0.25, 0.3) is 0 Å². The summed E-state index contributed by atoms with van der Waals surface area (Å²) in [4.78, 5) is 4.34. The summed E-state index contributed by atoms with van der Waals surface area (Å²) in [6.07, 6.45) is 1.61. The monoisotopic (exact) mass is 346 g/mol. The number of hydrogen-bond donors (Lipinski definition) is 1. The van der Waals surface area contributed by atoms with Crippen LogP contribution in [0, 0.1) is 18.6 Å². The summed E-state index contributed by atoms with van der Waals surface area (Å²) < 4.78 is 39.9. The zero-order chi connectivity index (χ0) is 18.1. The van der Waals surface area contributed by atoms with Crippen molar-refractivity contribution in [2.45, 2.75) is 13.5 Å².